The maximum atomic E-state index is 12.2. The average molecular weight is 957 g/mol. The fourth-order valence-electron chi connectivity index (χ4n) is 8.91. The van der Waals surface area contributed by atoms with Gasteiger partial charge >= 0.3 is 11.9 Å². The number of aromatic nitrogens is 4. The molecular formula is C58H80N6O6. The summed E-state index contributed by atoms with van der Waals surface area (Å²) in [6, 6.07) is 15.9. The number of carbonyl (C=O) groups is 2. The summed E-state index contributed by atoms with van der Waals surface area (Å²) in [6.45, 7) is 14.5. The van der Waals surface area contributed by atoms with Crippen molar-refractivity contribution < 1.29 is 29.3 Å². The molecule has 70 heavy (non-hydrogen) atoms. The lowest BCUT2D eigenvalue weighted by Crippen LogP contribution is -2.14. The van der Waals surface area contributed by atoms with E-state index in [1.54, 1.807) is 0 Å². The van der Waals surface area contributed by atoms with Crippen LogP contribution in [0.25, 0.3) is 12.2 Å². The van der Waals surface area contributed by atoms with Crippen molar-refractivity contribution >= 4 is 35.5 Å². The van der Waals surface area contributed by atoms with Crippen LogP contribution in [0, 0.1) is 6.92 Å². The largest absolute Gasteiger partial charge is 0.491 e. The van der Waals surface area contributed by atoms with E-state index in [0.29, 0.717) is 58.9 Å². The molecule has 2 aliphatic heterocycles. The van der Waals surface area contributed by atoms with Gasteiger partial charge < -0.3 is 39.6 Å². The van der Waals surface area contributed by atoms with Gasteiger partial charge in [-0.05, 0) is 126 Å². The zero-order valence-electron chi connectivity index (χ0n) is 42.7. The van der Waals surface area contributed by atoms with Crippen LogP contribution < -0.4 is 0 Å². The maximum absolute atomic E-state index is 12.2. The highest BCUT2D eigenvalue weighted by molar-refractivity contribution is 6.29. The zero-order chi connectivity index (χ0) is 50.1. The molecule has 0 saturated carbocycles. The Bertz CT molecular complexity index is 2480. The Hall–Kier alpha value is -6.30. The van der Waals surface area contributed by atoms with Crippen molar-refractivity contribution in [3.8, 4) is 0 Å². The van der Waals surface area contributed by atoms with Crippen LogP contribution in [0.3, 0.4) is 0 Å². The van der Waals surface area contributed by atoms with Crippen molar-refractivity contribution in [1.82, 2.24) is 19.9 Å². The molecule has 0 spiro atoms. The number of allylic oxidation sites excluding steroid dienone is 1. The van der Waals surface area contributed by atoms with E-state index in [1.165, 1.54) is 108 Å². The first-order valence-corrected chi connectivity index (χ1v) is 26.2. The first kappa shape index (κ1) is 54.6. The van der Waals surface area contributed by atoms with Crippen LogP contribution in [0.5, 0.6) is 0 Å². The molecule has 0 bridgehead atoms. The minimum absolute atomic E-state index is 0.0891. The van der Waals surface area contributed by atoms with Gasteiger partial charge in [0.1, 0.15) is 34.0 Å². The highest BCUT2D eigenvalue weighted by Gasteiger charge is 2.33. The van der Waals surface area contributed by atoms with Gasteiger partial charge in [0.25, 0.3) is 0 Å². The van der Waals surface area contributed by atoms with E-state index < -0.39 is 11.9 Å². The van der Waals surface area contributed by atoms with Crippen LogP contribution in [0.4, 0.5) is 0 Å². The molecule has 0 atom stereocenters. The molecule has 12 nitrogen and oxygen atoms in total. The van der Waals surface area contributed by atoms with Gasteiger partial charge in [-0.3, -0.25) is 0 Å². The van der Waals surface area contributed by atoms with Crippen LogP contribution in [-0.2, 0) is 38.3 Å². The summed E-state index contributed by atoms with van der Waals surface area (Å²) in [7, 11) is 0. The van der Waals surface area contributed by atoms with Crippen LogP contribution in [0.1, 0.15) is 189 Å². The van der Waals surface area contributed by atoms with E-state index >= 15 is 0 Å². The molecule has 0 fully saturated rings. The summed E-state index contributed by atoms with van der Waals surface area (Å²) < 4.78 is 11.5. The number of aromatic amines is 4. The minimum atomic E-state index is -1.05. The molecular weight excluding hydrogens is 877 g/mol. The van der Waals surface area contributed by atoms with E-state index in [0.717, 1.165) is 61.3 Å². The number of nitrogens with zero attached hydrogens (tertiary/aromatic N) is 2. The lowest BCUT2D eigenvalue weighted by molar-refractivity contribution is -0.133. The quantitative estimate of drug-likeness (QED) is 0.0209. The summed E-state index contributed by atoms with van der Waals surface area (Å²) in [5, 5.41) is 19.9. The third kappa shape index (κ3) is 16.7. The van der Waals surface area contributed by atoms with Gasteiger partial charge in [-0.1, -0.05) is 110 Å². The molecule has 0 saturated heterocycles. The minimum Gasteiger partial charge on any atom is -0.491 e. The standard InChI is InChI=1S/C30H43N3O3.C28H37N3O3/c1-4-7-8-9-10-11-12-13-14-16-23-17-18-24(31-23)21-26-29(36-6-3)27(30(34)35)28(33-26)25-20-19-22(32-25)15-5-2;1-4-6-7-8-9-10-11-12-13-14-21-16-17-22(30-21)19-24-27(34-5-2)25(28(32)33)26(31-24)23-18-15-20(3)29-23/h17-21,31-32H,4-16H2,1-3H3,(H,34,35);4,15-19,29-30H,1,5-14H2,2-3H3,(H,32,33). The summed E-state index contributed by atoms with van der Waals surface area (Å²) in [6.07, 6.45) is 31.5. The van der Waals surface area contributed by atoms with Crippen LogP contribution in [0.15, 0.2) is 105 Å². The van der Waals surface area contributed by atoms with E-state index in [1.807, 2.05) is 75.4 Å². The number of hydrogen-bond acceptors (Lipinski definition) is 6. The molecule has 0 aliphatic carbocycles. The van der Waals surface area contributed by atoms with Gasteiger partial charge in [-0.2, -0.15) is 0 Å². The SMILES string of the molecule is C=CCCCCCCCCCc1ccc(C=C2N=C(c3ccc(C)[nH]3)C(C(=O)O)=C2OCC)[nH]1.CCCCCCCCCCCc1ccc(C=C2N=C(c3ccc(CCC)[nH]3)C(C(=O)O)=C2OCC)[nH]1. The first-order valence-electron chi connectivity index (χ1n) is 26.2. The topological polar surface area (TPSA) is 181 Å². The first-order chi connectivity index (χ1) is 34.1. The van der Waals surface area contributed by atoms with Crippen molar-refractivity contribution in [3.63, 3.8) is 0 Å². The number of nitrogens with one attached hydrogen (secondary N) is 4. The molecule has 0 radical (unpaired) electrons. The number of aliphatic carboxylic acids is 2. The third-order valence-electron chi connectivity index (χ3n) is 12.5. The van der Waals surface area contributed by atoms with E-state index in [4.69, 9.17) is 14.5 Å². The third-order valence-corrected chi connectivity index (χ3v) is 12.5. The predicted octanol–water partition coefficient (Wildman–Crippen LogP) is 14.3. The maximum Gasteiger partial charge on any atom is 0.341 e. The number of ether oxygens (including phenoxy) is 2. The van der Waals surface area contributed by atoms with Crippen molar-refractivity contribution in [1.29, 1.82) is 0 Å². The number of carboxylic acids is 2. The summed E-state index contributed by atoms with van der Waals surface area (Å²) >= 11 is 0. The highest BCUT2D eigenvalue weighted by atomic mass is 16.5. The van der Waals surface area contributed by atoms with E-state index in [-0.39, 0.29) is 11.1 Å². The molecule has 0 amide bonds. The molecule has 6 N–H and O–H groups in total. The molecule has 6 rings (SSSR count). The van der Waals surface area contributed by atoms with Crippen molar-refractivity contribution in [2.24, 2.45) is 9.98 Å². The van der Waals surface area contributed by atoms with Gasteiger partial charge in [0, 0.05) is 34.2 Å². The van der Waals surface area contributed by atoms with Gasteiger partial charge in [-0.25, -0.2) is 19.6 Å². The fourth-order valence-corrected chi connectivity index (χ4v) is 8.91. The highest BCUT2D eigenvalue weighted by Crippen LogP contribution is 2.33. The Morgan fingerprint density at radius 3 is 1.39 bits per heavy atom. The molecule has 378 valence electrons. The van der Waals surface area contributed by atoms with Gasteiger partial charge in [-0.15, -0.1) is 6.58 Å². The van der Waals surface area contributed by atoms with Crippen molar-refractivity contribution in [2.45, 2.75) is 169 Å². The van der Waals surface area contributed by atoms with Gasteiger partial charge in [0.05, 0.1) is 24.6 Å². The number of aryl methyl sites for hydroxylation is 4. The monoisotopic (exact) mass is 957 g/mol. The Morgan fingerprint density at radius 1 is 0.529 bits per heavy atom. The van der Waals surface area contributed by atoms with Crippen LogP contribution in [-0.4, -0.2) is 66.7 Å². The number of hydrogen-bond donors (Lipinski definition) is 6. The van der Waals surface area contributed by atoms with E-state index in [2.05, 4.69) is 57.5 Å². The summed E-state index contributed by atoms with van der Waals surface area (Å²) in [4.78, 5) is 47.0. The lowest BCUT2D eigenvalue weighted by Gasteiger charge is -2.07. The lowest BCUT2D eigenvalue weighted by atomic mass is 10.1. The van der Waals surface area contributed by atoms with Gasteiger partial charge in [0.15, 0.2) is 11.5 Å². The second-order valence-electron chi connectivity index (χ2n) is 18.3. The normalized spacial score (nSPS) is 14.6. The molecule has 6 heterocycles. The fraction of sp³-hybridized carbons (Fsp3) is 0.483. The molecule has 0 unspecified atom stereocenters. The van der Waals surface area contributed by atoms with Crippen LogP contribution in [0.2, 0.25) is 0 Å². The molecule has 0 aromatic carbocycles. The predicted molar refractivity (Wildman–Crippen MR) is 285 cm³/mol. The Morgan fingerprint density at radius 2 is 0.957 bits per heavy atom. The number of H-pyrrole nitrogens is 4. The van der Waals surface area contributed by atoms with E-state index in [9.17, 15) is 19.8 Å². The zero-order valence-corrected chi connectivity index (χ0v) is 42.7. The smallest absolute Gasteiger partial charge is 0.341 e. The average Bonchev–Trinajstić information content (AvgIpc) is 4.22. The van der Waals surface area contributed by atoms with Crippen molar-refractivity contribution in [3.05, 3.63) is 141 Å². The van der Waals surface area contributed by atoms with Gasteiger partial charge in [0.2, 0.25) is 0 Å². The second kappa shape index (κ2) is 29.7. The van der Waals surface area contributed by atoms with Crippen LogP contribution >= 0.6 is 0 Å². The molecule has 4 aromatic heterocycles. The number of carboxylic acid groups (broad SMARTS) is 2. The Labute approximate surface area is 416 Å². The Balaban J connectivity index is 0.000000261. The molecule has 12 heteroatoms. The summed E-state index contributed by atoms with van der Waals surface area (Å²) in [5.74, 6) is -1.46. The number of aliphatic imine (C=N–C) groups is 2. The second-order valence-corrected chi connectivity index (χ2v) is 18.3. The molecule has 4 aromatic rings. The van der Waals surface area contributed by atoms with Crippen molar-refractivity contribution in [2.75, 3.05) is 13.2 Å². The number of rotatable bonds is 32. The number of unbranched alkanes of at least 4 members (excludes halogenated alkanes) is 15. The Kier molecular flexibility index (Phi) is 23.2. The summed E-state index contributed by atoms with van der Waals surface area (Å²) in [5.41, 5.74) is 9.62. The molecule has 2 aliphatic rings.